The Morgan fingerprint density at radius 2 is 1.64 bits per heavy atom. The largest absolute Gasteiger partial charge is 0.465 e. The van der Waals surface area contributed by atoms with E-state index in [1.165, 1.54) is 7.11 Å². The van der Waals surface area contributed by atoms with E-state index in [0.717, 1.165) is 4.90 Å². The molecule has 1 heterocycles. The number of carbonyl (C=O) groups is 4. The van der Waals surface area contributed by atoms with Crippen molar-refractivity contribution in [1.82, 2.24) is 4.90 Å². The van der Waals surface area contributed by atoms with E-state index in [0.29, 0.717) is 28.7 Å². The van der Waals surface area contributed by atoms with Gasteiger partial charge < -0.3 is 9.47 Å². The lowest BCUT2D eigenvalue weighted by Crippen LogP contribution is -2.31. The van der Waals surface area contributed by atoms with E-state index < -0.39 is 11.9 Å². The van der Waals surface area contributed by atoms with Crippen LogP contribution in [0.25, 0.3) is 0 Å². The quantitative estimate of drug-likeness (QED) is 0.541. The van der Waals surface area contributed by atoms with Crippen molar-refractivity contribution in [3.63, 3.8) is 0 Å². The highest BCUT2D eigenvalue weighted by Gasteiger charge is 2.34. The second-order valence-electron chi connectivity index (χ2n) is 6.26. The molecule has 0 atom stereocenters. The molecule has 0 radical (unpaired) electrons. The zero-order valence-corrected chi connectivity index (χ0v) is 15.3. The number of ether oxygens (including phenoxy) is 2. The zero-order chi connectivity index (χ0) is 20.1. The highest BCUT2D eigenvalue weighted by atomic mass is 16.5. The average Bonchev–Trinajstić information content (AvgIpc) is 2.97. The minimum atomic E-state index is -0.464. The van der Waals surface area contributed by atoms with Gasteiger partial charge in [0.2, 0.25) is 0 Å². The van der Waals surface area contributed by atoms with Crippen LogP contribution in [0.5, 0.6) is 0 Å². The molecule has 144 valence electrons. The summed E-state index contributed by atoms with van der Waals surface area (Å²) in [5, 5.41) is 0. The van der Waals surface area contributed by atoms with E-state index in [1.807, 2.05) is 0 Å². The van der Waals surface area contributed by atoms with E-state index in [-0.39, 0.29) is 31.4 Å². The Morgan fingerprint density at radius 1 is 0.964 bits per heavy atom. The van der Waals surface area contributed by atoms with Crippen LogP contribution in [0.2, 0.25) is 0 Å². The minimum Gasteiger partial charge on any atom is -0.465 e. The molecular weight excluding hydrogens is 362 g/mol. The number of fused-ring (bicyclic) bond motifs is 1. The first kappa shape index (κ1) is 19.3. The van der Waals surface area contributed by atoms with Crippen molar-refractivity contribution < 1.29 is 28.7 Å². The van der Waals surface area contributed by atoms with E-state index in [1.54, 1.807) is 48.5 Å². The third-order valence-corrected chi connectivity index (χ3v) is 4.39. The van der Waals surface area contributed by atoms with Gasteiger partial charge >= 0.3 is 11.9 Å². The molecule has 0 fully saturated rings. The topological polar surface area (TPSA) is 90.0 Å². The van der Waals surface area contributed by atoms with Crippen molar-refractivity contribution in [3.8, 4) is 0 Å². The molecule has 0 aromatic heterocycles. The maximum atomic E-state index is 12.3. The van der Waals surface area contributed by atoms with Crippen LogP contribution in [-0.2, 0) is 20.9 Å². The third kappa shape index (κ3) is 4.09. The molecule has 0 N–H and O–H groups in total. The SMILES string of the molecule is COC(=O)c1cccc(COC(=O)CCCN2C(=O)c3ccccc3C2=O)c1. The number of methoxy groups -OCH3 is 1. The van der Waals surface area contributed by atoms with Gasteiger partial charge in [0.25, 0.3) is 11.8 Å². The van der Waals surface area contributed by atoms with Gasteiger partial charge in [0.1, 0.15) is 6.61 Å². The maximum absolute atomic E-state index is 12.3. The van der Waals surface area contributed by atoms with E-state index in [4.69, 9.17) is 4.74 Å². The van der Waals surface area contributed by atoms with Crippen molar-refractivity contribution in [2.45, 2.75) is 19.4 Å². The lowest BCUT2D eigenvalue weighted by molar-refractivity contribution is -0.145. The summed E-state index contributed by atoms with van der Waals surface area (Å²) >= 11 is 0. The first-order valence-corrected chi connectivity index (χ1v) is 8.79. The predicted octanol–water partition coefficient (Wildman–Crippen LogP) is 2.59. The third-order valence-electron chi connectivity index (χ3n) is 4.39. The van der Waals surface area contributed by atoms with Gasteiger partial charge in [-0.25, -0.2) is 4.79 Å². The van der Waals surface area contributed by atoms with Gasteiger partial charge in [-0.2, -0.15) is 0 Å². The van der Waals surface area contributed by atoms with Gasteiger partial charge in [-0.3, -0.25) is 19.3 Å². The van der Waals surface area contributed by atoms with E-state index in [9.17, 15) is 19.2 Å². The molecule has 1 aliphatic heterocycles. The van der Waals surface area contributed by atoms with Gasteiger partial charge in [0, 0.05) is 13.0 Å². The summed E-state index contributed by atoms with van der Waals surface area (Å²) in [5.74, 6) is -1.59. The maximum Gasteiger partial charge on any atom is 0.337 e. The Balaban J connectivity index is 1.46. The van der Waals surface area contributed by atoms with Crippen LogP contribution < -0.4 is 0 Å². The molecule has 0 unspecified atom stereocenters. The molecule has 0 saturated carbocycles. The molecule has 0 bridgehead atoms. The zero-order valence-electron chi connectivity index (χ0n) is 15.3. The van der Waals surface area contributed by atoms with Crippen molar-refractivity contribution in [2.75, 3.05) is 13.7 Å². The molecule has 3 rings (SSSR count). The summed E-state index contributed by atoms with van der Waals surface area (Å²) in [5.41, 5.74) is 1.82. The molecule has 7 heteroatoms. The number of carbonyl (C=O) groups excluding carboxylic acids is 4. The number of nitrogens with zero attached hydrogens (tertiary/aromatic N) is 1. The number of rotatable bonds is 7. The molecule has 7 nitrogen and oxygen atoms in total. The Morgan fingerprint density at radius 3 is 2.29 bits per heavy atom. The minimum absolute atomic E-state index is 0.0245. The van der Waals surface area contributed by atoms with E-state index in [2.05, 4.69) is 4.74 Å². The first-order chi connectivity index (χ1) is 13.5. The standard InChI is InChI=1S/C21H19NO6/c1-27-21(26)15-7-4-6-14(12-15)13-28-18(23)10-5-11-22-19(24)16-8-2-3-9-17(16)20(22)25/h2-4,6-9,12H,5,10-11,13H2,1H3. The Hall–Kier alpha value is -3.48. The summed E-state index contributed by atoms with van der Waals surface area (Å²) in [6.07, 6.45) is 0.386. The number of benzene rings is 2. The molecule has 0 aliphatic carbocycles. The Kier molecular flexibility index (Phi) is 5.84. The second kappa shape index (κ2) is 8.47. The fourth-order valence-corrected chi connectivity index (χ4v) is 2.97. The fourth-order valence-electron chi connectivity index (χ4n) is 2.97. The van der Waals surface area contributed by atoms with Gasteiger partial charge in [0.05, 0.1) is 23.8 Å². The van der Waals surface area contributed by atoms with Gasteiger partial charge in [-0.15, -0.1) is 0 Å². The van der Waals surface area contributed by atoms with Crippen LogP contribution in [0.4, 0.5) is 0 Å². The average molecular weight is 381 g/mol. The normalized spacial score (nSPS) is 12.7. The van der Waals surface area contributed by atoms with Crippen LogP contribution >= 0.6 is 0 Å². The lowest BCUT2D eigenvalue weighted by atomic mass is 10.1. The number of esters is 2. The molecule has 28 heavy (non-hydrogen) atoms. The van der Waals surface area contributed by atoms with E-state index >= 15 is 0 Å². The van der Waals surface area contributed by atoms with Crippen LogP contribution in [0, 0.1) is 0 Å². The monoisotopic (exact) mass is 381 g/mol. The van der Waals surface area contributed by atoms with Gasteiger partial charge in [-0.1, -0.05) is 24.3 Å². The Bertz CT molecular complexity index is 901. The highest BCUT2D eigenvalue weighted by Crippen LogP contribution is 2.22. The summed E-state index contributed by atoms with van der Waals surface area (Å²) in [4.78, 5) is 49.1. The molecule has 2 amide bonds. The summed E-state index contributed by atoms with van der Waals surface area (Å²) in [7, 11) is 1.30. The molecule has 0 saturated heterocycles. The predicted molar refractivity (Wildman–Crippen MR) is 98.6 cm³/mol. The summed E-state index contributed by atoms with van der Waals surface area (Å²) < 4.78 is 9.85. The molecular formula is C21H19NO6. The fraction of sp³-hybridized carbons (Fsp3) is 0.238. The van der Waals surface area contributed by atoms with Crippen LogP contribution in [-0.4, -0.2) is 42.3 Å². The smallest absolute Gasteiger partial charge is 0.337 e. The summed E-state index contributed by atoms with van der Waals surface area (Å²) in [6, 6.07) is 13.3. The number of hydrogen-bond donors (Lipinski definition) is 0. The molecule has 2 aromatic carbocycles. The van der Waals surface area contributed by atoms with Crippen LogP contribution in [0.1, 0.15) is 49.5 Å². The van der Waals surface area contributed by atoms with Crippen molar-refractivity contribution in [1.29, 1.82) is 0 Å². The highest BCUT2D eigenvalue weighted by molar-refractivity contribution is 6.21. The number of imide groups is 1. The molecule has 1 aliphatic rings. The number of amides is 2. The molecule has 2 aromatic rings. The number of hydrogen-bond acceptors (Lipinski definition) is 6. The van der Waals surface area contributed by atoms with Gasteiger partial charge in [0.15, 0.2) is 0 Å². The van der Waals surface area contributed by atoms with Crippen molar-refractivity contribution >= 4 is 23.8 Å². The second-order valence-corrected chi connectivity index (χ2v) is 6.26. The van der Waals surface area contributed by atoms with Crippen LogP contribution in [0.3, 0.4) is 0 Å². The summed E-state index contributed by atoms with van der Waals surface area (Å²) in [6.45, 7) is 0.177. The van der Waals surface area contributed by atoms with Gasteiger partial charge in [-0.05, 0) is 36.2 Å². The lowest BCUT2D eigenvalue weighted by Gasteiger charge is -2.13. The first-order valence-electron chi connectivity index (χ1n) is 8.79. The molecule has 0 spiro atoms. The van der Waals surface area contributed by atoms with Crippen LogP contribution in [0.15, 0.2) is 48.5 Å². The van der Waals surface area contributed by atoms with Crippen molar-refractivity contribution in [2.24, 2.45) is 0 Å². The van der Waals surface area contributed by atoms with Crippen molar-refractivity contribution in [3.05, 3.63) is 70.8 Å². The Labute approximate surface area is 161 Å².